The smallest absolute Gasteiger partial charge is 0.0622 e. The molecule has 1 heterocycles. The van der Waals surface area contributed by atoms with Crippen molar-refractivity contribution in [3.63, 3.8) is 0 Å². The van der Waals surface area contributed by atoms with Gasteiger partial charge in [0.25, 0.3) is 0 Å². The van der Waals surface area contributed by atoms with E-state index in [-0.39, 0.29) is 17.2 Å². The quantitative estimate of drug-likeness (QED) is 0.490. The van der Waals surface area contributed by atoms with Crippen molar-refractivity contribution in [2.45, 2.75) is 0 Å². The van der Waals surface area contributed by atoms with Crippen molar-refractivity contribution in [3.8, 4) is 0 Å². The van der Waals surface area contributed by atoms with Crippen molar-refractivity contribution in [3.05, 3.63) is 83.6 Å². The molecule has 88 valence electrons. The van der Waals surface area contributed by atoms with Gasteiger partial charge < -0.3 is 0 Å². The van der Waals surface area contributed by atoms with Gasteiger partial charge in [-0.15, -0.1) is 0 Å². The number of benzene rings is 2. The summed E-state index contributed by atoms with van der Waals surface area (Å²) in [5.41, 5.74) is 0. The number of hydrogen-bond acceptors (Lipinski definition) is 0. The molecule has 0 amide bonds. The highest BCUT2D eigenvalue weighted by molar-refractivity contribution is 8.23. The van der Waals surface area contributed by atoms with Crippen LogP contribution in [-0.2, 0) is 0 Å². The Bertz CT molecular complexity index is 548. The predicted molar refractivity (Wildman–Crippen MR) is 83.4 cm³/mol. The monoisotopic (exact) mass is 269 g/mol. The Kier molecular flexibility index (Phi) is 3.54. The highest BCUT2D eigenvalue weighted by Crippen LogP contribution is 2.53. The van der Waals surface area contributed by atoms with Crippen LogP contribution in [0.1, 0.15) is 0 Å². The number of rotatable bonds is 3. The van der Waals surface area contributed by atoms with Crippen molar-refractivity contribution >= 4 is 27.8 Å². The molecule has 18 heavy (non-hydrogen) atoms. The topological polar surface area (TPSA) is 0 Å². The van der Waals surface area contributed by atoms with Crippen molar-refractivity contribution in [2.75, 3.05) is 0 Å². The maximum absolute atomic E-state index is 2.34. The second-order valence-corrected chi connectivity index (χ2v) is 9.19. The fraction of sp³-hybridized carbons (Fsp3) is 0. The summed E-state index contributed by atoms with van der Waals surface area (Å²) in [5.74, 6) is 0. The van der Waals surface area contributed by atoms with Crippen LogP contribution in [0, 0.1) is 0 Å². The van der Waals surface area contributed by atoms with E-state index in [1.54, 1.807) is 0 Å². The normalized spacial score (nSPS) is 10.7. The van der Waals surface area contributed by atoms with Crippen LogP contribution in [-0.4, -0.2) is 0 Å². The van der Waals surface area contributed by atoms with E-state index in [0.29, 0.717) is 0 Å². The van der Waals surface area contributed by atoms with Crippen LogP contribution in [0.15, 0.2) is 83.6 Å². The molecule has 0 unspecified atom stereocenters. The third kappa shape index (κ3) is 2.38. The maximum Gasteiger partial charge on any atom is 0.211 e. The molecule has 2 aromatic carbocycles. The van der Waals surface area contributed by atoms with Gasteiger partial charge in [-0.3, -0.25) is 0 Å². The van der Waals surface area contributed by atoms with Gasteiger partial charge in [0.05, 0.1) is 0 Å². The van der Waals surface area contributed by atoms with Gasteiger partial charge in [-0.1, -0.05) is 36.4 Å². The summed E-state index contributed by atoms with van der Waals surface area (Å²) >= 11 is 0. The Hall–Kier alpha value is -1.43. The summed E-state index contributed by atoms with van der Waals surface area (Å²) in [7, 11) is -0.0612. The minimum absolute atomic E-state index is 0.237. The minimum atomic E-state index is -0.298. The van der Waals surface area contributed by atoms with Crippen molar-refractivity contribution in [1.29, 1.82) is 0 Å². The molecule has 0 nitrogen and oxygen atoms in total. The van der Waals surface area contributed by atoms with Gasteiger partial charge in [0.2, 0.25) is 7.12 Å². The Labute approximate surface area is 111 Å². The molecule has 0 N–H and O–H groups in total. The molecule has 2 heteroatoms. The second-order valence-electron chi connectivity index (χ2n) is 3.97. The summed E-state index contributed by atoms with van der Waals surface area (Å²) in [5, 5.41) is 7.59. The first-order valence-corrected chi connectivity index (χ1v) is 9.22. The minimum Gasteiger partial charge on any atom is -0.0622 e. The van der Waals surface area contributed by atoms with Crippen LogP contribution in [0.4, 0.5) is 0 Å². The van der Waals surface area contributed by atoms with Crippen LogP contribution in [0.2, 0.25) is 0 Å². The zero-order chi connectivity index (χ0) is 12.2. The first-order valence-electron chi connectivity index (χ1n) is 5.92. The molecule has 0 saturated heterocycles. The van der Waals surface area contributed by atoms with Crippen LogP contribution in [0.25, 0.3) is 0 Å². The van der Waals surface area contributed by atoms with Gasteiger partial charge in [0.15, 0.2) is 0 Å². The molecule has 1 aromatic heterocycles. The highest BCUT2D eigenvalue weighted by atomic mass is 32.7. The molecule has 0 fully saturated rings. The van der Waals surface area contributed by atoms with Gasteiger partial charge in [-0.05, 0) is 36.4 Å². The summed E-state index contributed by atoms with van der Waals surface area (Å²) in [6, 6.07) is 26.1. The molecule has 3 aromatic rings. The Morgan fingerprint density at radius 1 is 0.556 bits per heavy atom. The van der Waals surface area contributed by atoms with Crippen molar-refractivity contribution < 1.29 is 0 Å². The van der Waals surface area contributed by atoms with Crippen molar-refractivity contribution in [2.24, 2.45) is 0 Å². The van der Waals surface area contributed by atoms with Gasteiger partial charge >= 0.3 is 0 Å². The molecule has 0 aliphatic rings. The molecule has 3 rings (SSSR count). The number of hydrogen-bond donors (Lipinski definition) is 0. The van der Waals surface area contributed by atoms with Gasteiger partial charge in [0, 0.05) is 20.7 Å². The second kappa shape index (κ2) is 5.48. The molecule has 0 aliphatic heterocycles. The lowest BCUT2D eigenvalue weighted by Crippen LogP contribution is -2.08. The molecular formula is C16H14PS+. The Morgan fingerprint density at radius 3 is 1.44 bits per heavy atom. The first kappa shape index (κ1) is 11.6. The van der Waals surface area contributed by atoms with E-state index in [9.17, 15) is 0 Å². The average Bonchev–Trinajstić information content (AvgIpc) is 2.95. The average molecular weight is 269 g/mol. The third-order valence-corrected chi connectivity index (χ3v) is 8.83. The van der Waals surface area contributed by atoms with E-state index in [1.807, 2.05) is 0 Å². The molecule has 0 atom stereocenters. The molecule has 0 saturated carbocycles. The fourth-order valence-corrected chi connectivity index (χ4v) is 7.79. The van der Waals surface area contributed by atoms with E-state index in [4.69, 9.17) is 0 Å². The molecular weight excluding hydrogens is 255 g/mol. The molecule has 0 aliphatic carbocycles. The van der Waals surface area contributed by atoms with Crippen LogP contribution in [0.3, 0.4) is 0 Å². The summed E-state index contributed by atoms with van der Waals surface area (Å²) in [6.45, 7) is 0. The number of thiophene rings is 1. The predicted octanol–water partition coefficient (Wildman–Crippen LogP) is 4.33. The summed E-state index contributed by atoms with van der Waals surface area (Å²) in [6.07, 6.45) is 0. The largest absolute Gasteiger partial charge is 0.211 e. The summed E-state index contributed by atoms with van der Waals surface area (Å²) in [4.78, 5) is 0. The van der Waals surface area contributed by atoms with Gasteiger partial charge in [-0.2, -0.15) is 0 Å². The maximum atomic E-state index is 2.34. The zero-order valence-electron chi connectivity index (χ0n) is 9.94. The standard InChI is InChI=1S/C16H14PS/c1-3-9-15(10-4-1)17(18-13-7-8-14-18)16-11-5-2-6-12-16/h1-14H/q+1. The molecule has 0 spiro atoms. The zero-order valence-corrected chi connectivity index (χ0v) is 11.6. The van der Waals surface area contributed by atoms with Gasteiger partial charge in [0.1, 0.15) is 10.8 Å². The van der Waals surface area contributed by atoms with Crippen LogP contribution < -0.4 is 10.6 Å². The fourth-order valence-electron chi connectivity index (χ4n) is 1.94. The lowest BCUT2D eigenvalue weighted by atomic mass is 10.4. The third-order valence-electron chi connectivity index (χ3n) is 2.74. The SMILES string of the molecule is c1ccc(P(c2ccccc2)[s+]2cccc2)cc1. The lowest BCUT2D eigenvalue weighted by Gasteiger charge is -2.08. The molecule has 0 radical (unpaired) electrons. The van der Waals surface area contributed by atoms with E-state index in [2.05, 4.69) is 83.6 Å². The summed E-state index contributed by atoms with van der Waals surface area (Å²) < 4.78 is 0. The van der Waals surface area contributed by atoms with Gasteiger partial charge in [-0.25, -0.2) is 0 Å². The van der Waals surface area contributed by atoms with E-state index < -0.39 is 0 Å². The Balaban J connectivity index is 2.11. The van der Waals surface area contributed by atoms with Crippen LogP contribution in [0.5, 0.6) is 0 Å². The van der Waals surface area contributed by atoms with Crippen molar-refractivity contribution in [1.82, 2.24) is 0 Å². The van der Waals surface area contributed by atoms with E-state index in [0.717, 1.165) is 0 Å². The lowest BCUT2D eigenvalue weighted by molar-refractivity contribution is 1.76. The van der Waals surface area contributed by atoms with E-state index in [1.165, 1.54) is 10.6 Å². The Morgan fingerprint density at radius 2 is 1.00 bits per heavy atom. The molecule has 0 bridgehead atoms. The highest BCUT2D eigenvalue weighted by Gasteiger charge is 2.25. The first-order chi connectivity index (χ1) is 8.95. The van der Waals surface area contributed by atoms with E-state index >= 15 is 0 Å². The van der Waals surface area contributed by atoms with Crippen LogP contribution >= 0.6 is 17.2 Å².